The quantitative estimate of drug-likeness (QED) is 0.725. The predicted octanol–water partition coefficient (Wildman–Crippen LogP) is 1.94. The van der Waals surface area contributed by atoms with Crippen LogP contribution >= 0.6 is 12.2 Å². The van der Waals surface area contributed by atoms with Crippen LogP contribution in [0.2, 0.25) is 0 Å². The molecule has 5 heteroatoms. The molecule has 1 N–H and O–H groups in total. The van der Waals surface area contributed by atoms with Crippen molar-refractivity contribution in [3.63, 3.8) is 0 Å². The van der Waals surface area contributed by atoms with Crippen LogP contribution in [0, 0.1) is 18.6 Å². The first-order valence-corrected chi connectivity index (χ1v) is 4.66. The molecule has 0 saturated carbocycles. The lowest BCUT2D eigenvalue weighted by Crippen LogP contribution is -2.00. The van der Waals surface area contributed by atoms with Gasteiger partial charge in [-0.05, 0) is 37.7 Å². The van der Waals surface area contributed by atoms with E-state index in [4.69, 9.17) is 12.2 Å². The summed E-state index contributed by atoms with van der Waals surface area (Å²) >= 11 is 5.13. The van der Waals surface area contributed by atoms with Crippen molar-refractivity contribution in [3.8, 4) is 5.69 Å². The van der Waals surface area contributed by atoms with Gasteiger partial charge in [0.1, 0.15) is 5.82 Å². The Morgan fingerprint density at radius 3 is 2.79 bits per heavy atom. The van der Waals surface area contributed by atoms with E-state index in [0.717, 1.165) is 17.1 Å². The van der Waals surface area contributed by atoms with Gasteiger partial charge in [-0.15, -0.1) is 0 Å². The molecule has 0 saturated heterocycles. The summed E-state index contributed by atoms with van der Waals surface area (Å²) in [5, 5.41) is 6.80. The van der Waals surface area contributed by atoms with Crippen LogP contribution in [0.15, 0.2) is 18.5 Å². The minimum Gasteiger partial charge on any atom is -0.271 e. The van der Waals surface area contributed by atoms with Gasteiger partial charge in [-0.3, -0.25) is 14.6 Å². The molecule has 0 bridgehead atoms. The van der Waals surface area contributed by atoms with Crippen LogP contribution in [0.4, 0.5) is 0 Å². The molecule has 2 aromatic heterocycles. The van der Waals surface area contributed by atoms with Crippen LogP contribution in [0.1, 0.15) is 11.4 Å². The number of rotatable bonds is 1. The van der Waals surface area contributed by atoms with Gasteiger partial charge in [0, 0.05) is 6.20 Å². The SMILES string of the molecule is Cc1ccncc1-n1c(C)n[nH]c1=S. The van der Waals surface area contributed by atoms with Crippen molar-refractivity contribution in [1.82, 2.24) is 19.7 Å². The van der Waals surface area contributed by atoms with Gasteiger partial charge in [0.15, 0.2) is 4.77 Å². The Hall–Kier alpha value is -1.49. The third-order valence-corrected chi connectivity index (χ3v) is 2.37. The zero-order valence-corrected chi connectivity index (χ0v) is 8.80. The van der Waals surface area contributed by atoms with Crippen molar-refractivity contribution in [2.24, 2.45) is 0 Å². The van der Waals surface area contributed by atoms with Crippen LogP contribution in [0.5, 0.6) is 0 Å². The van der Waals surface area contributed by atoms with Gasteiger partial charge in [-0.2, -0.15) is 5.10 Å². The number of hydrogen-bond donors (Lipinski definition) is 1. The molecule has 0 radical (unpaired) electrons. The molecule has 0 amide bonds. The summed E-state index contributed by atoms with van der Waals surface area (Å²) in [7, 11) is 0. The van der Waals surface area contributed by atoms with E-state index in [1.807, 2.05) is 24.5 Å². The molecule has 14 heavy (non-hydrogen) atoms. The average Bonchev–Trinajstić information content (AvgIpc) is 2.48. The number of H-pyrrole nitrogens is 1. The average molecular weight is 206 g/mol. The van der Waals surface area contributed by atoms with Crippen molar-refractivity contribution >= 4 is 12.2 Å². The minimum absolute atomic E-state index is 0.596. The standard InChI is InChI=1S/C9H10N4S/c1-6-3-4-10-5-8(6)13-7(2)11-12-9(13)14/h3-5H,1-2H3,(H,12,14). The normalized spacial score (nSPS) is 10.4. The smallest absolute Gasteiger partial charge is 0.199 e. The Morgan fingerprint density at radius 1 is 1.43 bits per heavy atom. The first kappa shape index (κ1) is 9.08. The fraction of sp³-hybridized carbons (Fsp3) is 0.222. The lowest BCUT2D eigenvalue weighted by atomic mass is 10.2. The maximum Gasteiger partial charge on any atom is 0.199 e. The first-order chi connectivity index (χ1) is 6.70. The molecule has 2 heterocycles. The maximum atomic E-state index is 5.13. The van der Waals surface area contributed by atoms with Crippen molar-refractivity contribution in [3.05, 3.63) is 34.6 Å². The Labute approximate surface area is 86.6 Å². The van der Waals surface area contributed by atoms with Gasteiger partial charge in [-0.1, -0.05) is 0 Å². The van der Waals surface area contributed by atoms with E-state index in [1.165, 1.54) is 0 Å². The van der Waals surface area contributed by atoms with Crippen molar-refractivity contribution in [2.75, 3.05) is 0 Å². The second-order valence-electron chi connectivity index (χ2n) is 3.07. The lowest BCUT2D eigenvalue weighted by molar-refractivity contribution is 0.944. The van der Waals surface area contributed by atoms with E-state index in [-0.39, 0.29) is 0 Å². The number of nitrogens with one attached hydrogen (secondary N) is 1. The van der Waals surface area contributed by atoms with Crippen molar-refractivity contribution in [1.29, 1.82) is 0 Å². The maximum absolute atomic E-state index is 5.13. The Bertz CT molecular complexity index is 512. The van der Waals surface area contributed by atoms with Gasteiger partial charge in [-0.25, -0.2) is 0 Å². The van der Waals surface area contributed by atoms with Gasteiger partial charge < -0.3 is 0 Å². The third kappa shape index (κ3) is 1.35. The summed E-state index contributed by atoms with van der Waals surface area (Å²) in [6.07, 6.45) is 3.55. The zero-order chi connectivity index (χ0) is 10.1. The monoisotopic (exact) mass is 206 g/mol. The van der Waals surface area contributed by atoms with Gasteiger partial charge in [0.2, 0.25) is 0 Å². The van der Waals surface area contributed by atoms with E-state index in [9.17, 15) is 0 Å². The summed E-state index contributed by atoms with van der Waals surface area (Å²) in [5.41, 5.74) is 2.10. The number of aromatic nitrogens is 4. The highest BCUT2D eigenvalue weighted by Gasteiger charge is 2.05. The molecule has 2 rings (SSSR count). The molecule has 0 unspecified atom stereocenters. The van der Waals surface area contributed by atoms with Crippen LogP contribution in [0.3, 0.4) is 0 Å². The molecule has 0 aromatic carbocycles. The molecule has 2 aromatic rings. The highest BCUT2D eigenvalue weighted by atomic mass is 32.1. The van der Waals surface area contributed by atoms with Crippen LogP contribution in [0.25, 0.3) is 5.69 Å². The molecule has 0 spiro atoms. The number of aryl methyl sites for hydroxylation is 2. The largest absolute Gasteiger partial charge is 0.271 e. The third-order valence-electron chi connectivity index (χ3n) is 2.09. The van der Waals surface area contributed by atoms with Crippen LogP contribution < -0.4 is 0 Å². The zero-order valence-electron chi connectivity index (χ0n) is 7.98. The number of nitrogens with zero attached hydrogens (tertiary/aromatic N) is 3. The summed E-state index contributed by atoms with van der Waals surface area (Å²) < 4.78 is 2.47. The Morgan fingerprint density at radius 2 is 2.21 bits per heavy atom. The highest BCUT2D eigenvalue weighted by Crippen LogP contribution is 2.13. The second-order valence-corrected chi connectivity index (χ2v) is 3.46. The lowest BCUT2D eigenvalue weighted by Gasteiger charge is -2.05. The predicted molar refractivity (Wildman–Crippen MR) is 56.0 cm³/mol. The molecule has 0 aliphatic heterocycles. The molecule has 0 aliphatic rings. The fourth-order valence-electron chi connectivity index (χ4n) is 1.35. The summed E-state index contributed by atoms with van der Waals surface area (Å²) in [5.74, 6) is 0.839. The van der Waals surface area contributed by atoms with E-state index in [0.29, 0.717) is 4.77 Å². The first-order valence-electron chi connectivity index (χ1n) is 4.25. The van der Waals surface area contributed by atoms with E-state index in [2.05, 4.69) is 15.2 Å². The molecular weight excluding hydrogens is 196 g/mol. The van der Waals surface area contributed by atoms with Gasteiger partial charge in [0.25, 0.3) is 0 Å². The molecule has 0 fully saturated rings. The topological polar surface area (TPSA) is 46.5 Å². The van der Waals surface area contributed by atoms with Gasteiger partial charge >= 0.3 is 0 Å². The van der Waals surface area contributed by atoms with E-state index >= 15 is 0 Å². The number of hydrogen-bond acceptors (Lipinski definition) is 3. The summed E-state index contributed by atoms with van der Waals surface area (Å²) in [4.78, 5) is 4.07. The Balaban J connectivity index is 2.72. The summed E-state index contributed by atoms with van der Waals surface area (Å²) in [6, 6.07) is 1.95. The highest BCUT2D eigenvalue weighted by molar-refractivity contribution is 7.71. The van der Waals surface area contributed by atoms with Crippen LogP contribution in [-0.4, -0.2) is 19.7 Å². The van der Waals surface area contributed by atoms with E-state index < -0.39 is 0 Å². The van der Waals surface area contributed by atoms with Crippen molar-refractivity contribution in [2.45, 2.75) is 13.8 Å². The molecule has 4 nitrogen and oxygen atoms in total. The summed E-state index contributed by atoms with van der Waals surface area (Å²) in [6.45, 7) is 3.92. The van der Waals surface area contributed by atoms with Crippen molar-refractivity contribution < 1.29 is 0 Å². The second kappa shape index (κ2) is 3.34. The fourth-order valence-corrected chi connectivity index (χ4v) is 1.63. The molecular formula is C9H10N4S. The molecule has 72 valence electrons. The van der Waals surface area contributed by atoms with Crippen LogP contribution in [-0.2, 0) is 0 Å². The number of aromatic amines is 1. The Kier molecular flexibility index (Phi) is 2.17. The number of pyridine rings is 1. The molecule has 0 aliphatic carbocycles. The van der Waals surface area contributed by atoms with E-state index in [1.54, 1.807) is 12.4 Å². The van der Waals surface area contributed by atoms with Gasteiger partial charge in [0.05, 0.1) is 11.9 Å². The molecule has 0 atom stereocenters. The minimum atomic E-state index is 0.596.